The second-order valence-corrected chi connectivity index (χ2v) is 9.83. The molecule has 2 aromatic heterocycles. The lowest BCUT2D eigenvalue weighted by Crippen LogP contribution is -2.30. The third-order valence-electron chi connectivity index (χ3n) is 6.20. The van der Waals surface area contributed by atoms with Gasteiger partial charge in [0.15, 0.2) is 0 Å². The van der Waals surface area contributed by atoms with Gasteiger partial charge < -0.3 is 4.42 Å². The lowest BCUT2D eigenvalue weighted by Gasteiger charge is -2.13. The first-order valence-corrected chi connectivity index (χ1v) is 12.6. The van der Waals surface area contributed by atoms with E-state index in [1.54, 1.807) is 6.07 Å². The van der Waals surface area contributed by atoms with Crippen LogP contribution in [-0.2, 0) is 0 Å². The molecular formula is C29H18N4O5S. The molecule has 0 aliphatic carbocycles. The third-order valence-corrected chi connectivity index (χ3v) is 7.20. The van der Waals surface area contributed by atoms with Crippen LogP contribution in [0.25, 0.3) is 32.0 Å². The molecule has 0 spiro atoms. The maximum atomic E-state index is 13.9. The molecule has 2 heterocycles. The monoisotopic (exact) mass is 534 g/mol. The van der Waals surface area contributed by atoms with Crippen molar-refractivity contribution < 1.29 is 14.1 Å². The lowest BCUT2D eigenvalue weighted by molar-refractivity contribution is -0.384. The maximum absolute atomic E-state index is 13.9. The number of hydrogen-bond donors (Lipinski definition) is 0. The van der Waals surface area contributed by atoms with E-state index in [1.165, 1.54) is 47.9 Å². The molecule has 0 bridgehead atoms. The zero-order chi connectivity index (χ0) is 27.1. The van der Waals surface area contributed by atoms with Gasteiger partial charge in [0.25, 0.3) is 11.6 Å². The van der Waals surface area contributed by atoms with Crippen LogP contribution in [0, 0.1) is 17.0 Å². The van der Waals surface area contributed by atoms with E-state index in [0.717, 1.165) is 26.0 Å². The van der Waals surface area contributed by atoms with Crippen molar-refractivity contribution >= 4 is 66.2 Å². The van der Waals surface area contributed by atoms with Crippen molar-refractivity contribution in [2.45, 2.75) is 6.92 Å². The molecule has 0 atom stereocenters. The number of carbonyl (C=O) groups excluding carboxylic acids is 1. The summed E-state index contributed by atoms with van der Waals surface area (Å²) in [5, 5.41) is 19.1. The number of fused-ring (bicyclic) bond motifs is 4. The maximum Gasteiger partial charge on any atom is 0.349 e. The van der Waals surface area contributed by atoms with Crippen molar-refractivity contribution in [3.8, 4) is 0 Å². The highest BCUT2D eigenvalue weighted by atomic mass is 32.1. The standard InChI is InChI=1S/C29H18N4O5S/c1-17-6-12-24-26(14-17)39-29(31-24)32(30-16-18-7-10-20(11-8-18)33(36)37)27(34)23-15-22-21-5-3-2-4-19(21)9-13-25(22)38-28(23)35/h2-16H,1H3/b30-16+. The summed E-state index contributed by atoms with van der Waals surface area (Å²) in [4.78, 5) is 42.0. The number of aromatic nitrogens is 1. The van der Waals surface area contributed by atoms with Gasteiger partial charge in [-0.2, -0.15) is 10.1 Å². The van der Waals surface area contributed by atoms with Crippen LogP contribution in [0.1, 0.15) is 21.5 Å². The fourth-order valence-electron chi connectivity index (χ4n) is 4.24. The number of aryl methyl sites for hydroxylation is 1. The average Bonchev–Trinajstić information content (AvgIpc) is 3.35. The molecule has 1 amide bonds. The molecule has 0 saturated heterocycles. The molecule has 6 aromatic rings. The minimum absolute atomic E-state index is 0.0670. The van der Waals surface area contributed by atoms with E-state index in [2.05, 4.69) is 10.1 Å². The van der Waals surface area contributed by atoms with E-state index in [-0.39, 0.29) is 16.4 Å². The summed E-state index contributed by atoms with van der Waals surface area (Å²) in [5.74, 6) is -0.715. The van der Waals surface area contributed by atoms with E-state index < -0.39 is 16.5 Å². The van der Waals surface area contributed by atoms with Crippen molar-refractivity contribution in [1.82, 2.24) is 4.98 Å². The number of rotatable bonds is 5. The number of amides is 1. The number of nitro groups is 1. The molecule has 4 aromatic carbocycles. The SMILES string of the molecule is Cc1ccc2nc(N(/N=C/c3ccc([N+](=O)[O-])cc3)C(=O)c3cc4c(ccc5ccccc54)oc3=O)sc2c1. The topological polar surface area (TPSA) is 119 Å². The van der Waals surface area contributed by atoms with Crippen molar-refractivity contribution in [1.29, 1.82) is 0 Å². The van der Waals surface area contributed by atoms with Crippen LogP contribution in [0.3, 0.4) is 0 Å². The van der Waals surface area contributed by atoms with Crippen molar-refractivity contribution in [3.05, 3.63) is 122 Å². The van der Waals surface area contributed by atoms with E-state index in [4.69, 9.17) is 4.42 Å². The van der Waals surface area contributed by atoms with Crippen LogP contribution in [-0.4, -0.2) is 22.0 Å². The fraction of sp³-hybridized carbons (Fsp3) is 0.0345. The Morgan fingerprint density at radius 1 is 1.03 bits per heavy atom. The molecule has 6 rings (SSSR count). The van der Waals surface area contributed by atoms with Gasteiger partial charge in [0.2, 0.25) is 5.13 Å². The summed E-state index contributed by atoms with van der Waals surface area (Å²) in [5.41, 5.74) is 1.54. The third kappa shape index (κ3) is 4.53. The number of nitrogens with zero attached hydrogens (tertiary/aromatic N) is 4. The lowest BCUT2D eigenvalue weighted by atomic mass is 10.0. The Morgan fingerprint density at radius 2 is 1.82 bits per heavy atom. The van der Waals surface area contributed by atoms with Crippen molar-refractivity contribution in [3.63, 3.8) is 0 Å². The predicted molar refractivity (Wildman–Crippen MR) is 152 cm³/mol. The van der Waals surface area contributed by atoms with E-state index >= 15 is 0 Å². The quantitative estimate of drug-likeness (QED) is 0.0824. The molecule has 190 valence electrons. The summed E-state index contributed by atoms with van der Waals surface area (Å²) in [7, 11) is 0. The Bertz CT molecular complexity index is 2010. The molecule has 10 heteroatoms. The first kappa shape index (κ1) is 24.1. The summed E-state index contributed by atoms with van der Waals surface area (Å²) >= 11 is 1.25. The fourth-order valence-corrected chi connectivity index (χ4v) is 5.26. The van der Waals surface area contributed by atoms with Gasteiger partial charge >= 0.3 is 5.63 Å². The number of non-ortho nitro benzene ring substituents is 1. The Kier molecular flexibility index (Phi) is 5.93. The second kappa shape index (κ2) is 9.58. The smallest absolute Gasteiger partial charge is 0.349 e. The van der Waals surface area contributed by atoms with Gasteiger partial charge in [-0.3, -0.25) is 14.9 Å². The molecule has 0 saturated carbocycles. The van der Waals surface area contributed by atoms with E-state index in [0.29, 0.717) is 22.0 Å². The van der Waals surface area contributed by atoms with E-state index in [1.807, 2.05) is 55.5 Å². The highest BCUT2D eigenvalue weighted by Gasteiger charge is 2.25. The molecule has 0 aliphatic rings. The normalized spacial score (nSPS) is 11.5. The molecule has 0 fully saturated rings. The number of thiazole rings is 1. The van der Waals surface area contributed by atoms with Crippen LogP contribution >= 0.6 is 11.3 Å². The summed E-state index contributed by atoms with van der Waals surface area (Å²) in [6.07, 6.45) is 1.39. The Morgan fingerprint density at radius 3 is 2.62 bits per heavy atom. The van der Waals surface area contributed by atoms with Gasteiger partial charge in [0.05, 0.1) is 21.4 Å². The minimum Gasteiger partial charge on any atom is -0.422 e. The second-order valence-electron chi connectivity index (χ2n) is 8.82. The number of anilines is 1. The van der Waals surface area contributed by atoms with E-state index in [9.17, 15) is 19.7 Å². The van der Waals surface area contributed by atoms with Gasteiger partial charge in [0, 0.05) is 17.5 Å². The van der Waals surface area contributed by atoms with Gasteiger partial charge in [0.1, 0.15) is 11.1 Å². The molecular weight excluding hydrogens is 516 g/mol. The number of carbonyl (C=O) groups is 1. The minimum atomic E-state index is -0.796. The van der Waals surface area contributed by atoms with Gasteiger partial charge in [-0.1, -0.05) is 47.7 Å². The summed E-state index contributed by atoms with van der Waals surface area (Å²) in [6, 6.07) is 24.1. The summed E-state index contributed by atoms with van der Waals surface area (Å²) in [6.45, 7) is 1.96. The predicted octanol–water partition coefficient (Wildman–Crippen LogP) is 6.45. The first-order valence-electron chi connectivity index (χ1n) is 11.8. The molecule has 0 N–H and O–H groups in total. The molecule has 0 aliphatic heterocycles. The number of nitro benzene ring substituents is 1. The molecule has 39 heavy (non-hydrogen) atoms. The highest BCUT2D eigenvalue weighted by Crippen LogP contribution is 2.31. The zero-order valence-corrected chi connectivity index (χ0v) is 21.2. The van der Waals surface area contributed by atoms with Crippen LogP contribution in [0.15, 0.2) is 99.2 Å². The van der Waals surface area contributed by atoms with Crippen LogP contribution in [0.4, 0.5) is 10.8 Å². The summed E-state index contributed by atoms with van der Waals surface area (Å²) < 4.78 is 6.40. The van der Waals surface area contributed by atoms with Crippen molar-refractivity contribution in [2.75, 3.05) is 5.01 Å². The average molecular weight is 535 g/mol. The molecule has 0 unspecified atom stereocenters. The van der Waals surface area contributed by atoms with Gasteiger partial charge in [-0.15, -0.1) is 0 Å². The molecule has 0 radical (unpaired) electrons. The van der Waals surface area contributed by atoms with Crippen molar-refractivity contribution in [2.24, 2.45) is 5.10 Å². The molecule has 9 nitrogen and oxygen atoms in total. The van der Waals surface area contributed by atoms with Crippen LogP contribution < -0.4 is 10.6 Å². The van der Waals surface area contributed by atoms with Crippen LogP contribution in [0.5, 0.6) is 0 Å². The van der Waals surface area contributed by atoms with Gasteiger partial charge in [-0.05, 0) is 65.2 Å². The Balaban J connectivity index is 1.48. The largest absolute Gasteiger partial charge is 0.422 e. The first-order chi connectivity index (χ1) is 18.9. The van der Waals surface area contributed by atoms with Gasteiger partial charge in [-0.25, -0.2) is 9.78 Å². The number of benzene rings is 4. The Hall–Kier alpha value is -5.22. The number of hydrazone groups is 1. The van der Waals surface area contributed by atoms with Crippen LogP contribution in [0.2, 0.25) is 0 Å². The number of hydrogen-bond acceptors (Lipinski definition) is 8. The highest BCUT2D eigenvalue weighted by molar-refractivity contribution is 7.22. The Labute approximate surface area is 224 Å². The zero-order valence-electron chi connectivity index (χ0n) is 20.4.